The summed E-state index contributed by atoms with van der Waals surface area (Å²) in [6.07, 6.45) is 8.44. The predicted molar refractivity (Wildman–Crippen MR) is 453 cm³/mol. The quantitative estimate of drug-likeness (QED) is 0.0410. The lowest BCUT2D eigenvalue weighted by atomic mass is 10.0. The molecule has 0 unspecified atom stereocenters. The Balaban J connectivity index is 0.000000145. The summed E-state index contributed by atoms with van der Waals surface area (Å²) in [5.41, 5.74) is 12.6. The lowest BCUT2D eigenvalue weighted by Gasteiger charge is -2.14. The fraction of sp³-hybridized carbons (Fsp3) is 0.326. The van der Waals surface area contributed by atoms with Gasteiger partial charge >= 0.3 is 0 Å². The summed E-state index contributed by atoms with van der Waals surface area (Å²) >= 11 is 0. The van der Waals surface area contributed by atoms with Crippen molar-refractivity contribution in [2.24, 2.45) is 0 Å². The smallest absolute Gasteiger partial charge is 0.258 e. The van der Waals surface area contributed by atoms with E-state index in [1.165, 1.54) is 68.6 Å². The summed E-state index contributed by atoms with van der Waals surface area (Å²) in [5.74, 6) is 9.18. The molecule has 8 aromatic carbocycles. The van der Waals surface area contributed by atoms with Crippen LogP contribution in [0.4, 0.5) is 5.69 Å². The van der Waals surface area contributed by atoms with Crippen molar-refractivity contribution in [1.29, 1.82) is 0 Å². The van der Waals surface area contributed by atoms with E-state index in [0.29, 0.717) is 157 Å². The van der Waals surface area contributed by atoms with Gasteiger partial charge in [0.2, 0.25) is 23.3 Å². The van der Waals surface area contributed by atoms with E-state index in [2.05, 4.69) is 120 Å². The molecule has 1 N–H and O–H groups in total. The molecule has 26 heteroatoms. The summed E-state index contributed by atoms with van der Waals surface area (Å²) in [4.78, 5) is 41.9. The van der Waals surface area contributed by atoms with Crippen LogP contribution in [-0.2, 0) is 19.6 Å². The van der Waals surface area contributed by atoms with Crippen LogP contribution in [0.5, 0.6) is 46.0 Å². The number of aryl methyl sites for hydroxylation is 1. The molecule has 0 spiro atoms. The predicted octanol–water partition coefficient (Wildman–Crippen LogP) is 19.0. The molecule has 0 aliphatic carbocycles. The van der Waals surface area contributed by atoms with Gasteiger partial charge in [-0.15, -0.1) is 0 Å². The van der Waals surface area contributed by atoms with Crippen LogP contribution >= 0.6 is 0 Å². The number of hydrogen-bond donors (Lipinski definition) is 1. The molecule has 614 valence electrons. The Hall–Kier alpha value is -12.8. The monoisotopic (exact) mass is 1600 g/mol. The molecule has 15 rings (SSSR count). The van der Waals surface area contributed by atoms with Crippen LogP contribution in [0.25, 0.3) is 91.4 Å². The van der Waals surface area contributed by atoms with E-state index in [1.54, 1.807) is 36.7 Å². The molecule has 7 heterocycles. The van der Waals surface area contributed by atoms with Gasteiger partial charge in [0.15, 0.2) is 46.0 Å². The average Bonchev–Trinajstić information content (AvgIpc) is 1.65. The normalized spacial score (nSPS) is 12.5. The van der Waals surface area contributed by atoms with Crippen molar-refractivity contribution in [2.75, 3.05) is 98.4 Å². The summed E-state index contributed by atoms with van der Waals surface area (Å²) in [6, 6.07) is 56.2. The van der Waals surface area contributed by atoms with Crippen LogP contribution in [0.15, 0.2) is 206 Å². The molecule has 2 saturated heterocycles. The van der Waals surface area contributed by atoms with E-state index >= 15 is 0 Å². The fourth-order valence-corrected chi connectivity index (χ4v) is 13.4. The number of hydrogen-bond acceptors (Lipinski definition) is 25. The number of nitrogens with zero attached hydrogens (tertiary/aromatic N) is 12. The Morgan fingerprint density at radius 1 is 0.373 bits per heavy atom. The first-order valence-electron chi connectivity index (χ1n) is 40.4. The molecule has 13 aromatic rings. The largest absolute Gasteiger partial charge is 0.490 e. The molecule has 2 aliphatic rings. The first-order chi connectivity index (χ1) is 57.7. The molecule has 2 fully saturated rings. The molecule has 5 aromatic heterocycles. The summed E-state index contributed by atoms with van der Waals surface area (Å²) in [7, 11) is 4.09. The van der Waals surface area contributed by atoms with Gasteiger partial charge in [-0.2, -0.15) is 19.9 Å². The molecule has 118 heavy (non-hydrogen) atoms. The van der Waals surface area contributed by atoms with Crippen molar-refractivity contribution in [3.05, 3.63) is 216 Å². The van der Waals surface area contributed by atoms with Gasteiger partial charge in [-0.05, 0) is 260 Å². The van der Waals surface area contributed by atoms with Gasteiger partial charge in [0.25, 0.3) is 29.5 Å². The summed E-state index contributed by atoms with van der Waals surface area (Å²) in [5, 5.41) is 19.5. The lowest BCUT2D eigenvalue weighted by Crippen LogP contribution is -2.18. The highest BCUT2D eigenvalue weighted by molar-refractivity contribution is 6.04. The zero-order valence-electron chi connectivity index (χ0n) is 69.0. The maximum atomic E-state index is 12.6. The van der Waals surface area contributed by atoms with Crippen LogP contribution in [0.2, 0.25) is 0 Å². The molecular weight excluding hydrogens is 1500 g/mol. The summed E-state index contributed by atoms with van der Waals surface area (Å²) in [6.45, 7) is 29.4. The second-order valence-corrected chi connectivity index (χ2v) is 27.8. The van der Waals surface area contributed by atoms with Gasteiger partial charge in [0, 0.05) is 87.8 Å². The van der Waals surface area contributed by atoms with Crippen molar-refractivity contribution in [3.8, 4) is 137 Å². The van der Waals surface area contributed by atoms with E-state index < -0.39 is 0 Å². The molecule has 2 aliphatic heterocycles. The third-order valence-electron chi connectivity index (χ3n) is 18.8. The van der Waals surface area contributed by atoms with Crippen molar-refractivity contribution >= 4 is 11.6 Å². The van der Waals surface area contributed by atoms with Crippen LogP contribution in [0.3, 0.4) is 0 Å². The molecule has 26 nitrogen and oxygen atoms in total. The number of amides is 1. The van der Waals surface area contributed by atoms with E-state index in [9.17, 15) is 4.79 Å². The average molecular weight is 1600 g/mol. The Kier molecular flexibility index (Phi) is 30.6. The van der Waals surface area contributed by atoms with Crippen LogP contribution < -0.4 is 43.2 Å². The Morgan fingerprint density at radius 3 is 1.13 bits per heavy atom. The van der Waals surface area contributed by atoms with Gasteiger partial charge in [0.1, 0.15) is 0 Å². The highest BCUT2D eigenvalue weighted by atomic mass is 16.5. The Bertz CT molecular complexity index is 5330. The number of ether oxygens (including phenoxy) is 8. The maximum Gasteiger partial charge on any atom is 0.258 e. The highest BCUT2D eigenvalue weighted by Gasteiger charge is 2.23. The Labute approximate surface area is 688 Å². The number of likely N-dealkylation sites (tertiary alicyclic amines) is 2. The minimum atomic E-state index is -0.206. The number of carbonyl (C=O) groups is 1. The zero-order valence-corrected chi connectivity index (χ0v) is 69.0. The van der Waals surface area contributed by atoms with Gasteiger partial charge < -0.3 is 66.2 Å². The Morgan fingerprint density at radius 2 is 0.729 bits per heavy atom. The van der Waals surface area contributed by atoms with Gasteiger partial charge in [-0.1, -0.05) is 87.4 Å². The van der Waals surface area contributed by atoms with Gasteiger partial charge in [-0.3, -0.25) is 19.6 Å². The molecule has 0 bridgehead atoms. The zero-order chi connectivity index (χ0) is 82.5. The first-order valence-corrected chi connectivity index (χ1v) is 40.4. The minimum Gasteiger partial charge on any atom is -0.490 e. The van der Waals surface area contributed by atoms with Crippen molar-refractivity contribution in [1.82, 2.24) is 60.2 Å². The number of benzene rings is 8. The fourth-order valence-electron chi connectivity index (χ4n) is 13.4. The number of pyridine rings is 1. The van der Waals surface area contributed by atoms with Gasteiger partial charge in [-0.25, -0.2) is 0 Å². The molecule has 1 amide bonds. The number of nitrogens with one attached hydrogen (secondary N) is 1. The van der Waals surface area contributed by atoms with Crippen LogP contribution in [-0.4, -0.2) is 159 Å². The lowest BCUT2D eigenvalue weighted by molar-refractivity contribution is 0.102. The highest BCUT2D eigenvalue weighted by Crippen LogP contribution is 2.39. The molecular formula is C92H103N13O13. The molecule has 0 atom stereocenters. The second-order valence-electron chi connectivity index (χ2n) is 27.8. The standard InChI is InChI=1S/C25H24N4O4.2C23H27N3O3.C21H25N3O3/c1-4-31-21-9-7-18(15-22(21)32-5-2)25-28-23(29-33-25)20-8-6-17(14-16(20)3)24(30)27-19-10-12-26-13-11-19;1-3-27-20-12-11-19(15-21(20)28-4-2)23-24-22(25-29-23)18-9-7-17(8-10-18)16-26-13-5-6-14-26;1-3-27-20-11-10-19(15-21(20)28-4-2)23-24-22(25-29-23)18-9-7-8-17(14-18)16-26-12-5-6-13-26;1-5-25-18-11-10-17(13-19(18)26-6-2)21-22-20(23-27-21)16-9-7-8-15(12-16)14-24(3)4/h6-15H,4-5H2,1-3H3,(H,26,27,30);7-12,15H,3-6,13-14,16H2,1-2H3;7-11,14-15H,3-6,12-13,16H2,1-2H3;7-13H,5-6,14H2,1-4H3. The topological polar surface area (TPSA) is 281 Å². The van der Waals surface area contributed by atoms with Crippen LogP contribution in [0, 0.1) is 6.92 Å². The third-order valence-corrected chi connectivity index (χ3v) is 18.8. The third kappa shape index (κ3) is 23.1. The van der Waals surface area contributed by atoms with Crippen LogP contribution in [0.1, 0.15) is 114 Å². The molecule has 0 saturated carbocycles. The number of aromatic nitrogens is 9. The first kappa shape index (κ1) is 84.6. The van der Waals surface area contributed by atoms with Crippen molar-refractivity contribution in [3.63, 3.8) is 0 Å². The van der Waals surface area contributed by atoms with E-state index in [1.807, 2.05) is 173 Å². The van der Waals surface area contributed by atoms with E-state index in [0.717, 1.165) is 69.7 Å². The van der Waals surface area contributed by atoms with Crippen molar-refractivity contribution in [2.45, 2.75) is 108 Å². The number of rotatable bonds is 32. The minimum absolute atomic E-state index is 0.206. The summed E-state index contributed by atoms with van der Waals surface area (Å²) < 4.78 is 67.3. The van der Waals surface area contributed by atoms with Crippen molar-refractivity contribution < 1.29 is 60.8 Å². The van der Waals surface area contributed by atoms with E-state index in [-0.39, 0.29) is 5.91 Å². The number of anilines is 1. The number of carbonyl (C=O) groups excluding carboxylic acids is 1. The second kappa shape index (κ2) is 42.7. The van der Waals surface area contributed by atoms with Gasteiger partial charge in [0.05, 0.1) is 52.9 Å². The molecule has 0 radical (unpaired) electrons. The SMILES string of the molecule is CCOc1ccc(-c2nc(-c3ccc(C(=O)Nc4ccncc4)cc3C)no2)cc1OCC.CCOc1ccc(-c2nc(-c3ccc(CN4CCCC4)cc3)no2)cc1OCC.CCOc1ccc(-c2nc(-c3cccc(CN(C)C)c3)no2)cc1OCC.CCOc1ccc(-c2nc(-c3cccc(CN4CCCC4)c3)no2)cc1OCC. The maximum absolute atomic E-state index is 12.6. The van der Waals surface area contributed by atoms with E-state index in [4.69, 9.17) is 56.0 Å².